The molecule has 2 aromatic carbocycles. The molecule has 0 aliphatic rings. The van der Waals surface area contributed by atoms with E-state index in [1.807, 2.05) is 53.1 Å². The molecule has 1 amide bonds. The van der Waals surface area contributed by atoms with Crippen LogP contribution in [0.5, 0.6) is 5.75 Å². The molecule has 3 aromatic rings. The van der Waals surface area contributed by atoms with E-state index in [1.165, 1.54) is 11.8 Å². The van der Waals surface area contributed by atoms with Crippen molar-refractivity contribution in [3.63, 3.8) is 0 Å². The van der Waals surface area contributed by atoms with Crippen LogP contribution in [0.1, 0.15) is 0 Å². The number of hydrogen-bond acceptors (Lipinski definition) is 5. The molecule has 0 aliphatic heterocycles. The molecule has 3 rings (SSSR count). The van der Waals surface area contributed by atoms with Crippen LogP contribution in [0.3, 0.4) is 0 Å². The molecule has 128 valence electrons. The van der Waals surface area contributed by atoms with Gasteiger partial charge in [0.05, 0.1) is 12.9 Å². The van der Waals surface area contributed by atoms with Gasteiger partial charge in [0.25, 0.3) is 0 Å². The van der Waals surface area contributed by atoms with Crippen molar-refractivity contribution >= 4 is 33.6 Å². The summed E-state index contributed by atoms with van der Waals surface area (Å²) in [5.41, 5.74) is 7.05. The van der Waals surface area contributed by atoms with Crippen molar-refractivity contribution in [2.75, 3.05) is 12.9 Å². The average molecular weight is 419 g/mol. The lowest BCUT2D eigenvalue weighted by molar-refractivity contribution is -0.115. The molecular weight excluding hydrogens is 404 g/mol. The molecular formula is C17H15BrN4O2S. The second-order valence-corrected chi connectivity index (χ2v) is 6.96. The van der Waals surface area contributed by atoms with Crippen LogP contribution in [0.2, 0.25) is 0 Å². The zero-order valence-electron chi connectivity index (χ0n) is 13.3. The number of nitrogens with two attached hydrogens (primary N) is 1. The Morgan fingerprint density at radius 2 is 1.84 bits per heavy atom. The predicted molar refractivity (Wildman–Crippen MR) is 101 cm³/mol. The van der Waals surface area contributed by atoms with E-state index in [-0.39, 0.29) is 5.75 Å². The van der Waals surface area contributed by atoms with Crippen molar-refractivity contribution in [2.45, 2.75) is 5.16 Å². The van der Waals surface area contributed by atoms with Gasteiger partial charge in [0.1, 0.15) is 5.75 Å². The van der Waals surface area contributed by atoms with Gasteiger partial charge in [0.15, 0.2) is 11.0 Å². The van der Waals surface area contributed by atoms with Crippen molar-refractivity contribution in [1.82, 2.24) is 14.8 Å². The van der Waals surface area contributed by atoms with Crippen LogP contribution in [-0.2, 0) is 4.79 Å². The maximum atomic E-state index is 11.1. The third-order valence-electron chi connectivity index (χ3n) is 3.41. The predicted octanol–water partition coefficient (Wildman–Crippen LogP) is 3.28. The maximum Gasteiger partial charge on any atom is 0.227 e. The van der Waals surface area contributed by atoms with Crippen molar-refractivity contribution < 1.29 is 9.53 Å². The first kappa shape index (κ1) is 17.5. The quantitative estimate of drug-likeness (QED) is 0.620. The van der Waals surface area contributed by atoms with E-state index in [1.54, 1.807) is 7.11 Å². The van der Waals surface area contributed by atoms with Gasteiger partial charge in [-0.2, -0.15) is 0 Å². The van der Waals surface area contributed by atoms with E-state index < -0.39 is 5.91 Å². The lowest BCUT2D eigenvalue weighted by atomic mass is 10.2. The number of carbonyl (C=O) groups is 1. The van der Waals surface area contributed by atoms with E-state index >= 15 is 0 Å². The molecule has 25 heavy (non-hydrogen) atoms. The summed E-state index contributed by atoms with van der Waals surface area (Å²) in [6.07, 6.45) is 0. The summed E-state index contributed by atoms with van der Waals surface area (Å²) < 4.78 is 8.09. The molecule has 0 saturated carbocycles. The first-order valence-corrected chi connectivity index (χ1v) is 9.13. The minimum absolute atomic E-state index is 0.134. The number of thioether (sulfide) groups is 1. The van der Waals surface area contributed by atoms with Gasteiger partial charge in [-0.05, 0) is 36.4 Å². The highest BCUT2D eigenvalue weighted by Crippen LogP contribution is 2.29. The van der Waals surface area contributed by atoms with E-state index in [2.05, 4.69) is 26.1 Å². The van der Waals surface area contributed by atoms with Crippen LogP contribution in [0.25, 0.3) is 17.1 Å². The van der Waals surface area contributed by atoms with Crippen molar-refractivity contribution in [1.29, 1.82) is 0 Å². The number of ether oxygens (including phenoxy) is 1. The molecule has 8 heteroatoms. The summed E-state index contributed by atoms with van der Waals surface area (Å²) >= 11 is 4.68. The van der Waals surface area contributed by atoms with Crippen LogP contribution < -0.4 is 10.5 Å². The molecule has 0 fully saturated rings. The third kappa shape index (κ3) is 4.02. The Hall–Kier alpha value is -2.32. The smallest absolute Gasteiger partial charge is 0.227 e. The summed E-state index contributed by atoms with van der Waals surface area (Å²) in [6.45, 7) is 0. The van der Waals surface area contributed by atoms with Crippen molar-refractivity contribution in [3.8, 4) is 22.8 Å². The second kappa shape index (κ2) is 7.71. The highest BCUT2D eigenvalue weighted by atomic mass is 79.9. The van der Waals surface area contributed by atoms with Gasteiger partial charge in [-0.15, -0.1) is 10.2 Å². The number of rotatable bonds is 6. The van der Waals surface area contributed by atoms with Crippen molar-refractivity contribution in [2.24, 2.45) is 5.73 Å². The zero-order valence-corrected chi connectivity index (χ0v) is 15.8. The third-order valence-corrected chi connectivity index (χ3v) is 4.89. The number of carbonyl (C=O) groups excluding carboxylic acids is 1. The first-order chi connectivity index (χ1) is 12.1. The van der Waals surface area contributed by atoms with Gasteiger partial charge in [0, 0.05) is 15.7 Å². The number of nitrogens with zero attached hydrogens (tertiary/aromatic N) is 3. The van der Waals surface area contributed by atoms with Gasteiger partial charge in [-0.1, -0.05) is 39.8 Å². The fourth-order valence-corrected chi connectivity index (χ4v) is 3.20. The van der Waals surface area contributed by atoms with Crippen molar-refractivity contribution in [3.05, 3.63) is 53.0 Å². The van der Waals surface area contributed by atoms with Crippen LogP contribution in [0.4, 0.5) is 0 Å². The molecule has 2 N–H and O–H groups in total. The summed E-state index contributed by atoms with van der Waals surface area (Å²) in [7, 11) is 1.62. The molecule has 0 spiro atoms. The van der Waals surface area contributed by atoms with Gasteiger partial charge in [-0.3, -0.25) is 9.36 Å². The van der Waals surface area contributed by atoms with E-state index in [4.69, 9.17) is 10.5 Å². The highest BCUT2D eigenvalue weighted by Gasteiger charge is 2.17. The Kier molecular flexibility index (Phi) is 5.40. The molecule has 0 atom stereocenters. The zero-order chi connectivity index (χ0) is 17.8. The Balaban J connectivity index is 2.08. The normalized spacial score (nSPS) is 10.6. The Morgan fingerprint density at radius 1 is 1.16 bits per heavy atom. The summed E-state index contributed by atoms with van der Waals surface area (Å²) in [6, 6.07) is 15.4. The number of amides is 1. The Morgan fingerprint density at radius 3 is 2.44 bits per heavy atom. The highest BCUT2D eigenvalue weighted by molar-refractivity contribution is 9.10. The maximum absolute atomic E-state index is 11.1. The minimum atomic E-state index is -0.403. The molecule has 6 nitrogen and oxygen atoms in total. The molecule has 0 aliphatic carbocycles. The van der Waals surface area contributed by atoms with E-state index in [0.29, 0.717) is 11.0 Å². The first-order valence-electron chi connectivity index (χ1n) is 7.35. The molecule has 1 heterocycles. The largest absolute Gasteiger partial charge is 0.497 e. The summed E-state index contributed by atoms with van der Waals surface area (Å²) in [4.78, 5) is 11.1. The van der Waals surface area contributed by atoms with Gasteiger partial charge < -0.3 is 10.5 Å². The van der Waals surface area contributed by atoms with Gasteiger partial charge >= 0.3 is 0 Å². The molecule has 0 radical (unpaired) electrons. The van der Waals surface area contributed by atoms with Crippen LogP contribution in [0, 0.1) is 0 Å². The average Bonchev–Trinajstić information content (AvgIpc) is 3.04. The topological polar surface area (TPSA) is 83.0 Å². The Bertz CT molecular complexity index is 879. The molecule has 0 saturated heterocycles. The van der Waals surface area contributed by atoms with E-state index in [9.17, 15) is 4.79 Å². The van der Waals surface area contributed by atoms with Crippen LogP contribution in [0.15, 0.2) is 58.2 Å². The number of methoxy groups -OCH3 is 1. The minimum Gasteiger partial charge on any atom is -0.497 e. The van der Waals surface area contributed by atoms with Crippen LogP contribution in [-0.4, -0.2) is 33.5 Å². The van der Waals surface area contributed by atoms with Crippen LogP contribution >= 0.6 is 27.7 Å². The molecule has 0 bridgehead atoms. The molecule has 1 aromatic heterocycles. The number of aromatic nitrogens is 3. The summed E-state index contributed by atoms with van der Waals surface area (Å²) in [5.74, 6) is 1.17. The second-order valence-electron chi connectivity index (χ2n) is 5.10. The number of halogens is 1. The fraction of sp³-hybridized carbons (Fsp3) is 0.118. The summed E-state index contributed by atoms with van der Waals surface area (Å²) in [5, 5.41) is 9.14. The lowest BCUT2D eigenvalue weighted by Crippen LogP contribution is -2.13. The molecule has 0 unspecified atom stereocenters. The van der Waals surface area contributed by atoms with E-state index in [0.717, 1.165) is 21.5 Å². The van der Waals surface area contributed by atoms with Gasteiger partial charge in [-0.25, -0.2) is 0 Å². The number of primary amides is 1. The monoisotopic (exact) mass is 418 g/mol. The Labute approximate surface area is 157 Å². The van der Waals surface area contributed by atoms with Gasteiger partial charge in [0.2, 0.25) is 5.91 Å². The number of hydrogen-bond donors (Lipinski definition) is 1. The SMILES string of the molecule is COc1ccc(-n2c(SCC(N)=O)nnc2-c2ccc(Br)cc2)cc1. The fourth-order valence-electron chi connectivity index (χ4n) is 2.25. The lowest BCUT2D eigenvalue weighted by Gasteiger charge is -2.11. The number of benzene rings is 2. The standard InChI is InChI=1S/C17H15BrN4O2S/c1-24-14-8-6-13(7-9-14)22-16(11-2-4-12(18)5-3-11)20-21-17(22)25-10-15(19)23/h2-9H,10H2,1H3,(H2,19,23).